The Morgan fingerprint density at radius 2 is 1.20 bits per heavy atom. The van der Waals surface area contributed by atoms with Crippen LogP contribution in [0.25, 0.3) is 0 Å². The molecule has 0 aromatic rings. The third-order valence-corrected chi connectivity index (χ3v) is 0. The van der Waals surface area contributed by atoms with Crippen LogP contribution in [0.4, 0.5) is 0 Å². The molecule has 27 valence electrons. The molecule has 0 unspecified atom stereocenters. The van der Waals surface area contributed by atoms with E-state index in [2.05, 4.69) is 0 Å². The summed E-state index contributed by atoms with van der Waals surface area (Å²) in [7, 11) is 0. The molecule has 0 aliphatic carbocycles. The van der Waals surface area contributed by atoms with Crippen LogP contribution in [0.1, 0.15) is 2.85 Å². The minimum atomic E-state index is 0. The van der Waals surface area contributed by atoms with Gasteiger partial charge in [0.1, 0.15) is 0 Å². The molecule has 0 rings (SSSR count). The van der Waals surface area contributed by atoms with Gasteiger partial charge in [0.2, 0.25) is 0 Å². The zero-order valence-electron chi connectivity index (χ0n) is 4.14. The van der Waals surface area contributed by atoms with Crippen molar-refractivity contribution in [2.24, 2.45) is 0 Å². The van der Waals surface area contributed by atoms with E-state index in [-0.39, 0.29) is 138 Å². The van der Waals surface area contributed by atoms with Crippen LogP contribution in [0.15, 0.2) is 0 Å². The van der Waals surface area contributed by atoms with Gasteiger partial charge in [0.05, 0.1) is 0 Å². The average Bonchev–Trinajstić information content (AvgIpc) is 0. The average molecular weight is 408 g/mol. The van der Waals surface area contributed by atoms with Crippen molar-refractivity contribution >= 4 is 56.4 Å². The second kappa shape index (κ2) is 23.9. The molecule has 0 spiro atoms. The molecular weight excluding hydrogens is 402 g/mol. The topological polar surface area (TPSA) is 0 Å². The van der Waals surface area contributed by atoms with E-state index < -0.39 is 0 Å². The van der Waals surface area contributed by atoms with Crippen molar-refractivity contribution in [1.82, 2.24) is 0 Å². The summed E-state index contributed by atoms with van der Waals surface area (Å²) in [5.41, 5.74) is 0. The summed E-state index contributed by atoms with van der Waals surface area (Å²) < 4.78 is 0. The van der Waals surface area contributed by atoms with Crippen LogP contribution >= 0.6 is 0 Å². The van der Waals surface area contributed by atoms with Crippen LogP contribution < -0.4 is 0 Å². The summed E-state index contributed by atoms with van der Waals surface area (Å²) in [6.45, 7) is 0. The smallest absolute Gasteiger partial charge is 1.00 e. The summed E-state index contributed by atoms with van der Waals surface area (Å²) in [6, 6.07) is 0. The van der Waals surface area contributed by atoms with E-state index >= 15 is 0 Å². The Kier molecular flexibility index (Phi) is 166. The third kappa shape index (κ3) is 17.8. The van der Waals surface area contributed by atoms with Gasteiger partial charge in [-0.15, -0.1) is 0 Å². The molecule has 0 N–H and O–H groups in total. The van der Waals surface area contributed by atoms with Gasteiger partial charge in [-0.3, -0.25) is 0 Å². The number of hydrogen-bond acceptors (Lipinski definition) is 0. The van der Waals surface area contributed by atoms with Crippen LogP contribution in [0, 0.1) is 35.6 Å². The maximum atomic E-state index is 0. The molecule has 0 aromatic carbocycles. The molecule has 5 heavy (non-hydrogen) atoms. The molecule has 0 amide bonds. The number of hydrogen-bond donors (Lipinski definition) is 0. The summed E-state index contributed by atoms with van der Waals surface area (Å²) in [5.74, 6) is 0. The van der Waals surface area contributed by atoms with Crippen LogP contribution in [-0.2, 0) is 43.3 Å². The zero-order chi connectivity index (χ0) is 0. The van der Waals surface area contributed by atoms with E-state index in [1.165, 1.54) is 0 Å². The molecule has 0 atom stereocenters. The first-order valence-electron chi connectivity index (χ1n) is 0. The molecular formula is H6FeLaSiSrZr. The van der Waals surface area contributed by atoms with E-state index in [0.29, 0.717) is 0 Å². The van der Waals surface area contributed by atoms with Crippen molar-refractivity contribution < 1.29 is 81.7 Å². The van der Waals surface area contributed by atoms with Gasteiger partial charge >= 0.3 is 45.5 Å². The van der Waals surface area contributed by atoms with Gasteiger partial charge in [-0.2, -0.15) is 0 Å². The van der Waals surface area contributed by atoms with E-state index in [1.807, 2.05) is 0 Å². The standard InChI is InChI=1S/Fe.La.H4Si.Sr.Zr.2H/h;;1H4;;;;/q;;;+2;;2*-1. The quantitative estimate of drug-likeness (QED) is 0.424. The van der Waals surface area contributed by atoms with E-state index in [0.717, 1.165) is 0 Å². The normalized spacial score (nSPS) is 0. The van der Waals surface area contributed by atoms with Crippen molar-refractivity contribution in [3.8, 4) is 0 Å². The molecule has 0 fully saturated rings. The summed E-state index contributed by atoms with van der Waals surface area (Å²) in [4.78, 5) is 0. The predicted octanol–water partition coefficient (Wildman–Crippen LogP) is -1.61. The molecule has 5 heteroatoms. The Balaban J connectivity index is 0. The van der Waals surface area contributed by atoms with Crippen molar-refractivity contribution in [3.05, 3.63) is 0 Å². The fourth-order valence-corrected chi connectivity index (χ4v) is 0. The SMILES string of the molecule is [Fe].[H-].[H-].[La].[SiH4].[Sr+2].[Zr]. The minimum absolute atomic E-state index is 0. The van der Waals surface area contributed by atoms with Gasteiger partial charge in [0.25, 0.3) is 0 Å². The summed E-state index contributed by atoms with van der Waals surface area (Å²) in [6.07, 6.45) is 0. The molecule has 1 radical (unpaired) electrons. The maximum absolute atomic E-state index is 0. The number of rotatable bonds is 0. The van der Waals surface area contributed by atoms with Crippen LogP contribution in [0.3, 0.4) is 0 Å². The van der Waals surface area contributed by atoms with Gasteiger partial charge in [0, 0.05) is 78.9 Å². The molecule has 0 saturated heterocycles. The minimum Gasteiger partial charge on any atom is -1.00 e. The van der Waals surface area contributed by atoms with Gasteiger partial charge in [-0.1, -0.05) is 0 Å². The van der Waals surface area contributed by atoms with Gasteiger partial charge < -0.3 is 2.85 Å². The summed E-state index contributed by atoms with van der Waals surface area (Å²) in [5, 5.41) is 0. The second-order valence-corrected chi connectivity index (χ2v) is 0. The molecule has 0 aromatic heterocycles. The first kappa shape index (κ1) is 34.7. The molecule has 0 nitrogen and oxygen atoms in total. The maximum Gasteiger partial charge on any atom is 2.00 e. The molecule has 0 bridgehead atoms. The zero-order valence-corrected chi connectivity index (χ0v) is 12.8. The molecule has 0 heterocycles. The van der Waals surface area contributed by atoms with Crippen LogP contribution in [0.5, 0.6) is 0 Å². The Morgan fingerprint density at radius 3 is 1.20 bits per heavy atom. The molecule has 0 saturated carbocycles. The third-order valence-electron chi connectivity index (χ3n) is 0. The van der Waals surface area contributed by atoms with E-state index in [4.69, 9.17) is 0 Å². The van der Waals surface area contributed by atoms with Gasteiger partial charge in [0.15, 0.2) is 0 Å². The van der Waals surface area contributed by atoms with Crippen LogP contribution in [-0.4, -0.2) is 56.4 Å². The van der Waals surface area contributed by atoms with E-state index in [1.54, 1.807) is 0 Å². The van der Waals surface area contributed by atoms with Gasteiger partial charge in [-0.05, 0) is 11.0 Å². The first-order valence-corrected chi connectivity index (χ1v) is 0. The Bertz CT molecular complexity index is 17.7. The fraction of sp³-hybridized carbons (Fsp3) is 0. The van der Waals surface area contributed by atoms with E-state index in [9.17, 15) is 0 Å². The fourth-order valence-electron chi connectivity index (χ4n) is 0. The predicted molar refractivity (Wildman–Crippen MR) is 19.3 cm³/mol. The van der Waals surface area contributed by atoms with Crippen LogP contribution in [0.2, 0.25) is 0 Å². The molecule has 0 aliphatic rings. The van der Waals surface area contributed by atoms with Crippen molar-refractivity contribution in [3.63, 3.8) is 0 Å². The van der Waals surface area contributed by atoms with Crippen molar-refractivity contribution in [2.75, 3.05) is 0 Å². The summed E-state index contributed by atoms with van der Waals surface area (Å²) >= 11 is 0. The molecule has 0 aliphatic heterocycles. The first-order chi connectivity index (χ1) is 0. The van der Waals surface area contributed by atoms with Crippen molar-refractivity contribution in [1.29, 1.82) is 0 Å². The Hall–Kier alpha value is 4.29. The monoisotopic (exact) mass is 407 g/mol. The Morgan fingerprint density at radius 1 is 1.20 bits per heavy atom. The largest absolute Gasteiger partial charge is 2.00 e. The van der Waals surface area contributed by atoms with Gasteiger partial charge in [-0.25, -0.2) is 0 Å². The Labute approximate surface area is 134 Å². The second-order valence-electron chi connectivity index (χ2n) is 0. The van der Waals surface area contributed by atoms with Crippen molar-refractivity contribution in [2.45, 2.75) is 0 Å².